The third-order valence-corrected chi connectivity index (χ3v) is 4.49. The van der Waals surface area contributed by atoms with Crippen LogP contribution in [0.5, 0.6) is 0 Å². The Kier molecular flexibility index (Phi) is 9.47. The fraction of sp³-hybridized carbons (Fsp3) is 0.565. The number of hydrogen-bond acceptors (Lipinski definition) is 2. The molecule has 1 aliphatic carbocycles. The van der Waals surface area contributed by atoms with E-state index >= 15 is 0 Å². The topological polar surface area (TPSA) is 24.1 Å². The highest BCUT2D eigenvalue weighted by molar-refractivity contribution is 5.19. The van der Waals surface area contributed by atoms with Crippen LogP contribution in [-0.2, 0) is 0 Å². The molecule has 0 heterocycles. The lowest BCUT2D eigenvalue weighted by Gasteiger charge is -2.28. The Hall–Kier alpha value is -1.77. The van der Waals surface area contributed by atoms with Gasteiger partial charge >= 0.3 is 0 Å². The Bertz CT molecular complexity index is 536. The number of hydrogen-bond donors (Lipinski definition) is 2. The predicted molar refractivity (Wildman–Crippen MR) is 111 cm³/mol. The molecule has 1 aromatic rings. The van der Waals surface area contributed by atoms with E-state index in [-0.39, 0.29) is 11.9 Å². The molecule has 1 saturated carbocycles. The van der Waals surface area contributed by atoms with E-state index in [9.17, 15) is 4.39 Å². The lowest BCUT2D eigenvalue weighted by Crippen LogP contribution is -2.31. The van der Waals surface area contributed by atoms with Crippen molar-refractivity contribution < 1.29 is 4.39 Å². The second kappa shape index (κ2) is 11.1. The molecule has 2 N–H and O–H groups in total. The molecule has 0 bridgehead atoms. The maximum atomic E-state index is 12.5. The molecule has 1 atom stereocenters. The molecule has 0 spiro atoms. The van der Waals surface area contributed by atoms with Crippen LogP contribution in [0, 0.1) is 11.2 Å². The largest absolute Gasteiger partial charge is 0.386 e. The van der Waals surface area contributed by atoms with Crippen LogP contribution in [0.4, 0.5) is 4.39 Å². The summed E-state index contributed by atoms with van der Waals surface area (Å²) in [4.78, 5) is 0. The first-order valence-electron chi connectivity index (χ1n) is 9.78. The standard InChI is InChI=1S/C13H25N.C10H12FN/c1-11(10-13(2,3)4)14-12-8-6-5-7-9-12;1-3-12-8(2)9-4-6-10(11)7-5-9/h12,14H,1,5-10H2,2-4H3;3-8,12H,1H2,2H3/t;8-/m.1/s1. The van der Waals surface area contributed by atoms with Gasteiger partial charge in [0.1, 0.15) is 5.82 Å². The number of nitrogens with one attached hydrogen (secondary N) is 2. The normalized spacial score (nSPS) is 16.0. The maximum absolute atomic E-state index is 12.5. The molecule has 1 aliphatic rings. The highest BCUT2D eigenvalue weighted by atomic mass is 19.1. The van der Waals surface area contributed by atoms with Gasteiger partial charge in [0.15, 0.2) is 0 Å². The van der Waals surface area contributed by atoms with Crippen LogP contribution in [0.15, 0.2) is 49.3 Å². The molecular weight excluding hydrogens is 323 g/mol. The van der Waals surface area contributed by atoms with E-state index in [1.54, 1.807) is 18.3 Å². The molecule has 0 aliphatic heterocycles. The Morgan fingerprint density at radius 3 is 2.27 bits per heavy atom. The van der Waals surface area contributed by atoms with Crippen LogP contribution in [0.2, 0.25) is 0 Å². The molecule has 3 heteroatoms. The van der Waals surface area contributed by atoms with Crippen molar-refractivity contribution >= 4 is 0 Å². The second-order valence-electron chi connectivity index (χ2n) is 8.46. The molecule has 0 amide bonds. The summed E-state index contributed by atoms with van der Waals surface area (Å²) >= 11 is 0. The summed E-state index contributed by atoms with van der Waals surface area (Å²) in [6.07, 6.45) is 9.59. The number of halogens is 1. The minimum atomic E-state index is -0.204. The molecule has 2 rings (SSSR count). The molecule has 1 fully saturated rings. The van der Waals surface area contributed by atoms with Gasteiger partial charge in [-0.25, -0.2) is 4.39 Å². The van der Waals surface area contributed by atoms with Crippen molar-refractivity contribution in [2.45, 2.75) is 78.3 Å². The summed E-state index contributed by atoms with van der Waals surface area (Å²) in [6, 6.07) is 7.32. The quantitative estimate of drug-likeness (QED) is 0.607. The van der Waals surface area contributed by atoms with Crippen LogP contribution >= 0.6 is 0 Å². The summed E-state index contributed by atoms with van der Waals surface area (Å²) < 4.78 is 12.5. The average Bonchev–Trinajstić information content (AvgIpc) is 2.55. The first-order chi connectivity index (χ1) is 12.2. The zero-order chi connectivity index (χ0) is 19.6. The van der Waals surface area contributed by atoms with Crippen LogP contribution < -0.4 is 10.6 Å². The predicted octanol–water partition coefficient (Wildman–Crippen LogP) is 6.48. The van der Waals surface area contributed by atoms with E-state index in [1.807, 2.05) is 6.92 Å². The zero-order valence-corrected chi connectivity index (χ0v) is 17.1. The van der Waals surface area contributed by atoms with Crippen LogP contribution in [0.1, 0.15) is 77.8 Å². The lowest BCUT2D eigenvalue weighted by molar-refractivity contribution is 0.358. The Morgan fingerprint density at radius 1 is 1.19 bits per heavy atom. The summed E-state index contributed by atoms with van der Waals surface area (Å²) in [5.41, 5.74) is 2.64. The minimum absolute atomic E-state index is 0.183. The first kappa shape index (κ1) is 22.3. The van der Waals surface area contributed by atoms with Crippen LogP contribution in [0.3, 0.4) is 0 Å². The Balaban J connectivity index is 0.000000263. The van der Waals surface area contributed by atoms with E-state index in [1.165, 1.54) is 49.9 Å². The molecule has 0 saturated heterocycles. The van der Waals surface area contributed by atoms with Gasteiger partial charge in [-0.2, -0.15) is 0 Å². The molecule has 0 unspecified atom stereocenters. The van der Waals surface area contributed by atoms with Gasteiger partial charge in [-0.15, -0.1) is 0 Å². The van der Waals surface area contributed by atoms with Gasteiger partial charge < -0.3 is 10.6 Å². The van der Waals surface area contributed by atoms with Gasteiger partial charge in [-0.05, 0) is 55.5 Å². The van der Waals surface area contributed by atoms with Crippen molar-refractivity contribution in [2.24, 2.45) is 5.41 Å². The van der Waals surface area contributed by atoms with Crippen molar-refractivity contribution in [1.29, 1.82) is 0 Å². The zero-order valence-electron chi connectivity index (χ0n) is 17.1. The monoisotopic (exact) mass is 360 g/mol. The Labute approximate surface area is 160 Å². The van der Waals surface area contributed by atoms with Crippen LogP contribution in [-0.4, -0.2) is 6.04 Å². The highest BCUT2D eigenvalue weighted by Crippen LogP contribution is 2.24. The van der Waals surface area contributed by atoms with Gasteiger partial charge in [0.05, 0.1) is 0 Å². The highest BCUT2D eigenvalue weighted by Gasteiger charge is 2.16. The van der Waals surface area contributed by atoms with E-state index in [4.69, 9.17) is 0 Å². The Morgan fingerprint density at radius 2 is 1.77 bits per heavy atom. The minimum Gasteiger partial charge on any atom is -0.386 e. The molecule has 0 radical (unpaired) electrons. The molecule has 1 aromatic carbocycles. The van der Waals surface area contributed by atoms with E-state index < -0.39 is 0 Å². The van der Waals surface area contributed by atoms with E-state index in [0.29, 0.717) is 11.5 Å². The summed E-state index contributed by atoms with van der Waals surface area (Å²) in [5, 5.41) is 6.60. The fourth-order valence-corrected chi connectivity index (χ4v) is 3.25. The number of rotatable bonds is 6. The van der Waals surface area contributed by atoms with Crippen molar-refractivity contribution in [1.82, 2.24) is 10.6 Å². The smallest absolute Gasteiger partial charge is 0.123 e. The van der Waals surface area contributed by atoms with Gasteiger partial charge in [-0.1, -0.05) is 65.3 Å². The second-order valence-corrected chi connectivity index (χ2v) is 8.46. The number of allylic oxidation sites excluding steroid dienone is 1. The van der Waals surface area contributed by atoms with Crippen molar-refractivity contribution in [2.75, 3.05) is 0 Å². The van der Waals surface area contributed by atoms with Crippen molar-refractivity contribution in [3.63, 3.8) is 0 Å². The van der Waals surface area contributed by atoms with Gasteiger partial charge in [0, 0.05) is 17.8 Å². The SMILES string of the molecule is C=C(CC(C)(C)C)NC1CCCCC1.C=CN[C@H](C)c1ccc(F)cc1. The third-order valence-electron chi connectivity index (χ3n) is 4.49. The molecule has 146 valence electrons. The number of benzene rings is 1. The average molecular weight is 361 g/mol. The van der Waals surface area contributed by atoms with Crippen molar-refractivity contribution in [3.8, 4) is 0 Å². The lowest BCUT2D eigenvalue weighted by atomic mass is 9.89. The van der Waals surface area contributed by atoms with Crippen molar-refractivity contribution in [3.05, 3.63) is 60.7 Å². The van der Waals surface area contributed by atoms with Gasteiger partial charge in [-0.3, -0.25) is 0 Å². The van der Waals surface area contributed by atoms with Crippen LogP contribution in [0.25, 0.3) is 0 Å². The molecule has 0 aromatic heterocycles. The summed E-state index contributed by atoms with van der Waals surface area (Å²) in [5.74, 6) is -0.204. The summed E-state index contributed by atoms with van der Waals surface area (Å²) in [6.45, 7) is 16.5. The van der Waals surface area contributed by atoms with Gasteiger partial charge in [0.2, 0.25) is 0 Å². The maximum Gasteiger partial charge on any atom is 0.123 e. The van der Waals surface area contributed by atoms with Gasteiger partial charge in [0.25, 0.3) is 0 Å². The summed E-state index contributed by atoms with van der Waals surface area (Å²) in [7, 11) is 0. The third kappa shape index (κ3) is 9.65. The van der Waals surface area contributed by atoms with E-state index in [2.05, 4.69) is 44.6 Å². The molecule has 26 heavy (non-hydrogen) atoms. The molecule has 2 nitrogen and oxygen atoms in total. The fourth-order valence-electron chi connectivity index (χ4n) is 3.25. The first-order valence-corrected chi connectivity index (χ1v) is 9.78. The van der Waals surface area contributed by atoms with E-state index in [0.717, 1.165) is 12.0 Å². The molecular formula is C23H37FN2.